The zero-order valence-electron chi connectivity index (χ0n) is 10.1. The van der Waals surface area contributed by atoms with Gasteiger partial charge in [0.25, 0.3) is 0 Å². The fourth-order valence-corrected chi connectivity index (χ4v) is 2.30. The van der Waals surface area contributed by atoms with Crippen LogP contribution in [0.2, 0.25) is 0 Å². The van der Waals surface area contributed by atoms with Crippen molar-refractivity contribution in [2.24, 2.45) is 5.92 Å². The molecule has 0 fully saturated rings. The zero-order chi connectivity index (χ0) is 11.8. The van der Waals surface area contributed by atoms with Crippen molar-refractivity contribution < 1.29 is 0 Å². The van der Waals surface area contributed by atoms with Crippen LogP contribution in [0, 0.1) is 11.3 Å². The maximum atomic E-state index is 5.50. The topological polar surface area (TPSA) is 23.9 Å². The second-order valence-corrected chi connectivity index (χ2v) is 4.18. The molecular weight excluding hydrogens is 194 g/mol. The smallest absolute Gasteiger partial charge is 0.0187 e. The third-order valence-corrected chi connectivity index (χ3v) is 3.15. The maximum Gasteiger partial charge on any atom is -0.0187 e. The highest BCUT2D eigenvalue weighted by Gasteiger charge is 2.16. The first-order valence-electron chi connectivity index (χ1n) is 5.93. The predicted molar refractivity (Wildman–Crippen MR) is 71.2 cm³/mol. The number of allylic oxidation sites excluding steroid dienone is 2. The number of nitrogens with one attached hydrogen (secondary N) is 1. The number of fused-ring (bicyclic) bond motifs is 1. The minimum atomic E-state index is 0.876. The van der Waals surface area contributed by atoms with Crippen molar-refractivity contribution in [2.45, 2.75) is 32.6 Å². The average Bonchev–Trinajstić information content (AvgIpc) is 2.38. The van der Waals surface area contributed by atoms with Gasteiger partial charge in [-0.15, -0.1) is 0 Å². The highest BCUT2D eigenvalue weighted by Crippen LogP contribution is 2.27. The van der Waals surface area contributed by atoms with E-state index in [0.717, 1.165) is 5.92 Å². The van der Waals surface area contributed by atoms with E-state index < -0.39 is 0 Å². The minimum Gasteiger partial charge on any atom is -0.317 e. The quantitative estimate of drug-likeness (QED) is 0.569. The molecule has 0 aromatic heterocycles. The Hall–Kier alpha value is -1.37. The molecular formula is C15H21N. The Morgan fingerprint density at radius 1 is 1.31 bits per heavy atom. The van der Waals surface area contributed by atoms with E-state index in [9.17, 15) is 0 Å². The summed E-state index contributed by atoms with van der Waals surface area (Å²) >= 11 is 0. The van der Waals surface area contributed by atoms with Crippen LogP contribution in [0.15, 0.2) is 36.4 Å². The van der Waals surface area contributed by atoms with Crippen molar-refractivity contribution in [1.29, 1.82) is 5.41 Å². The third-order valence-electron chi connectivity index (χ3n) is 3.15. The molecule has 0 amide bonds. The van der Waals surface area contributed by atoms with Gasteiger partial charge in [-0.05, 0) is 56.4 Å². The molecule has 16 heavy (non-hydrogen) atoms. The van der Waals surface area contributed by atoms with E-state index >= 15 is 0 Å². The second kappa shape index (κ2) is 7.00. The van der Waals surface area contributed by atoms with Gasteiger partial charge in [-0.25, -0.2) is 0 Å². The number of aryl methyl sites for hydroxylation is 1. The molecule has 1 N–H and O–H groups in total. The van der Waals surface area contributed by atoms with Crippen LogP contribution in [0.4, 0.5) is 0 Å². The molecule has 86 valence electrons. The summed E-state index contributed by atoms with van der Waals surface area (Å²) in [5.74, 6) is 0.876. The van der Waals surface area contributed by atoms with Gasteiger partial charge in [-0.1, -0.05) is 36.4 Å². The molecule has 1 aromatic carbocycles. The van der Waals surface area contributed by atoms with Gasteiger partial charge in [0.1, 0.15) is 0 Å². The van der Waals surface area contributed by atoms with Gasteiger partial charge >= 0.3 is 0 Å². The lowest BCUT2D eigenvalue weighted by atomic mass is 9.82. The molecule has 0 radical (unpaired) electrons. The summed E-state index contributed by atoms with van der Waals surface area (Å²) in [5.41, 5.74) is 3.15. The van der Waals surface area contributed by atoms with E-state index in [1.165, 1.54) is 25.7 Å². The lowest BCUT2D eigenvalue weighted by Crippen LogP contribution is -2.13. The first-order valence-corrected chi connectivity index (χ1v) is 5.93. The molecule has 2 rings (SSSR count). The van der Waals surface area contributed by atoms with Crippen molar-refractivity contribution in [3.8, 4) is 0 Å². The van der Waals surface area contributed by atoms with Crippen LogP contribution >= 0.6 is 0 Å². The van der Waals surface area contributed by atoms with Gasteiger partial charge in [0.15, 0.2) is 0 Å². The van der Waals surface area contributed by atoms with E-state index in [1.807, 2.05) is 0 Å². The molecule has 0 saturated carbocycles. The largest absolute Gasteiger partial charge is 0.317 e. The molecule has 1 aliphatic carbocycles. The van der Waals surface area contributed by atoms with Gasteiger partial charge in [-0.2, -0.15) is 0 Å². The molecule has 1 aliphatic rings. The predicted octanol–water partition coefficient (Wildman–Crippen LogP) is 4.02. The molecule has 0 aliphatic heterocycles. The van der Waals surface area contributed by atoms with Crippen LogP contribution in [0.5, 0.6) is 0 Å². The zero-order valence-corrected chi connectivity index (χ0v) is 10.1. The first kappa shape index (κ1) is 12.7. The van der Waals surface area contributed by atoms with Crippen molar-refractivity contribution >= 4 is 6.72 Å². The van der Waals surface area contributed by atoms with Gasteiger partial charge in [0.2, 0.25) is 0 Å². The molecule has 1 atom stereocenters. The molecule has 0 heterocycles. The summed E-state index contributed by atoms with van der Waals surface area (Å²) in [4.78, 5) is 0. The summed E-state index contributed by atoms with van der Waals surface area (Å²) in [6.07, 6.45) is 9.64. The van der Waals surface area contributed by atoms with Gasteiger partial charge in [-0.3, -0.25) is 0 Å². The number of rotatable bonds is 2. The molecule has 1 unspecified atom stereocenters. The van der Waals surface area contributed by atoms with Crippen LogP contribution in [0.1, 0.15) is 30.9 Å². The van der Waals surface area contributed by atoms with E-state index in [1.54, 1.807) is 11.1 Å². The second-order valence-electron chi connectivity index (χ2n) is 4.18. The Labute approximate surface area is 98.7 Å². The summed E-state index contributed by atoms with van der Waals surface area (Å²) in [7, 11) is 0. The van der Waals surface area contributed by atoms with Crippen molar-refractivity contribution in [2.75, 3.05) is 0 Å². The van der Waals surface area contributed by atoms with Crippen LogP contribution < -0.4 is 0 Å². The number of benzene rings is 1. The van der Waals surface area contributed by atoms with Crippen LogP contribution in [-0.2, 0) is 12.8 Å². The van der Waals surface area contributed by atoms with Gasteiger partial charge in [0, 0.05) is 0 Å². The highest BCUT2D eigenvalue weighted by atomic mass is 14.2. The summed E-state index contributed by atoms with van der Waals surface area (Å²) < 4.78 is 0. The Balaban J connectivity index is 0.000000606. The lowest BCUT2D eigenvalue weighted by molar-refractivity contribution is 0.463. The molecule has 0 spiro atoms. The van der Waals surface area contributed by atoms with Gasteiger partial charge < -0.3 is 5.41 Å². The van der Waals surface area contributed by atoms with Gasteiger partial charge in [0.05, 0.1) is 0 Å². The lowest BCUT2D eigenvalue weighted by Gasteiger charge is -2.23. The highest BCUT2D eigenvalue weighted by molar-refractivity contribution is 5.29. The first-order chi connectivity index (χ1) is 7.90. The fraction of sp³-hybridized carbons (Fsp3) is 0.400. The molecule has 1 heteroatoms. The Morgan fingerprint density at radius 3 is 2.69 bits per heavy atom. The maximum absolute atomic E-state index is 5.50. The molecule has 1 nitrogen and oxygen atoms in total. The normalized spacial score (nSPS) is 18.7. The standard InChI is InChI=1S/C14H18.CH3N/c1-2-3-6-12-9-10-13-7-4-5-8-14(13)11-12;1-2/h2-5,7-8,12H,6,9-11H2,1H3;2H,1H2/b3-2+;. The Morgan fingerprint density at radius 2 is 2.00 bits per heavy atom. The minimum absolute atomic E-state index is 0.876. The third kappa shape index (κ3) is 3.34. The van der Waals surface area contributed by atoms with Crippen molar-refractivity contribution in [3.63, 3.8) is 0 Å². The SMILES string of the molecule is C/C=C/CC1CCc2ccccc2C1.C=N. The van der Waals surface area contributed by atoms with E-state index in [4.69, 9.17) is 5.41 Å². The number of hydrogen-bond donors (Lipinski definition) is 1. The molecule has 0 bridgehead atoms. The van der Waals surface area contributed by atoms with Crippen molar-refractivity contribution in [1.82, 2.24) is 0 Å². The van der Waals surface area contributed by atoms with Crippen LogP contribution in [-0.4, -0.2) is 6.72 Å². The van der Waals surface area contributed by atoms with Crippen LogP contribution in [0.3, 0.4) is 0 Å². The van der Waals surface area contributed by atoms with E-state index in [-0.39, 0.29) is 0 Å². The Bertz CT molecular complexity index is 341. The van der Waals surface area contributed by atoms with E-state index in [2.05, 4.69) is 50.1 Å². The monoisotopic (exact) mass is 215 g/mol. The van der Waals surface area contributed by atoms with E-state index in [0.29, 0.717) is 0 Å². The van der Waals surface area contributed by atoms with Crippen molar-refractivity contribution in [3.05, 3.63) is 47.5 Å². The summed E-state index contributed by atoms with van der Waals surface area (Å²) in [6, 6.07) is 8.89. The Kier molecular flexibility index (Phi) is 5.55. The van der Waals surface area contributed by atoms with Crippen LogP contribution in [0.25, 0.3) is 0 Å². The molecule has 1 aromatic rings. The summed E-state index contributed by atoms with van der Waals surface area (Å²) in [6.45, 7) is 4.61. The summed E-state index contributed by atoms with van der Waals surface area (Å²) in [5, 5.41) is 5.50. The molecule has 0 saturated heterocycles. The average molecular weight is 215 g/mol. The number of hydrogen-bond acceptors (Lipinski definition) is 1. The fourth-order valence-electron chi connectivity index (χ4n) is 2.30.